The normalized spacial score (nSPS) is 24.1. The Kier molecular flexibility index (Phi) is 4.69. The van der Waals surface area contributed by atoms with Gasteiger partial charge in [-0.2, -0.15) is 0 Å². The van der Waals surface area contributed by atoms with E-state index in [0.717, 1.165) is 31.9 Å². The number of hydrogen-bond donors (Lipinski definition) is 0. The third-order valence-electron chi connectivity index (χ3n) is 5.31. The van der Waals surface area contributed by atoms with Crippen molar-refractivity contribution < 1.29 is 9.53 Å². The van der Waals surface area contributed by atoms with Gasteiger partial charge in [-0.1, -0.05) is 0 Å². The van der Waals surface area contributed by atoms with Crippen LogP contribution in [0.1, 0.15) is 22.7 Å². The smallest absolute Gasteiger partial charge is 0.274 e. The lowest BCUT2D eigenvalue weighted by Gasteiger charge is -2.31. The highest BCUT2D eigenvalue weighted by molar-refractivity contribution is 5.92. The number of ether oxygens (including phenoxy) is 1. The van der Waals surface area contributed by atoms with Crippen molar-refractivity contribution in [1.29, 1.82) is 0 Å². The fourth-order valence-corrected chi connectivity index (χ4v) is 3.90. The molecule has 26 heavy (non-hydrogen) atoms. The number of amides is 1. The first-order valence-corrected chi connectivity index (χ1v) is 8.97. The number of rotatable bonds is 3. The molecule has 1 atom stereocenters. The lowest BCUT2D eigenvalue weighted by molar-refractivity contribution is 0.0639. The number of carbonyl (C=O) groups excluding carboxylic acids is 1. The zero-order valence-electron chi connectivity index (χ0n) is 15.0. The Labute approximate surface area is 152 Å². The van der Waals surface area contributed by atoms with Gasteiger partial charge in [-0.05, 0) is 13.0 Å². The maximum absolute atomic E-state index is 12.8. The number of nitrogens with zero attached hydrogens (tertiary/aromatic N) is 6. The maximum atomic E-state index is 12.8. The zero-order chi connectivity index (χ0) is 18.0. The molecule has 0 saturated carbocycles. The third kappa shape index (κ3) is 3.47. The molecule has 2 fully saturated rings. The first kappa shape index (κ1) is 17.1. The van der Waals surface area contributed by atoms with Crippen molar-refractivity contribution in [1.82, 2.24) is 29.3 Å². The minimum Gasteiger partial charge on any atom is -0.379 e. The summed E-state index contributed by atoms with van der Waals surface area (Å²) in [6, 6.07) is 0. The van der Waals surface area contributed by atoms with Gasteiger partial charge in [0.1, 0.15) is 11.5 Å². The number of imidazole rings is 1. The van der Waals surface area contributed by atoms with Crippen LogP contribution in [0.5, 0.6) is 0 Å². The Morgan fingerprint density at radius 1 is 1.23 bits per heavy atom. The second-order valence-electron chi connectivity index (χ2n) is 7.28. The average molecular weight is 356 g/mol. The molecule has 0 aliphatic carbocycles. The van der Waals surface area contributed by atoms with E-state index in [2.05, 4.69) is 24.4 Å². The van der Waals surface area contributed by atoms with Crippen LogP contribution < -0.4 is 0 Å². The molecule has 2 aliphatic rings. The van der Waals surface area contributed by atoms with Crippen molar-refractivity contribution in [2.75, 3.05) is 39.4 Å². The molecule has 0 unspecified atom stereocenters. The van der Waals surface area contributed by atoms with Crippen LogP contribution in [0.2, 0.25) is 0 Å². The van der Waals surface area contributed by atoms with Gasteiger partial charge in [0, 0.05) is 56.9 Å². The highest BCUT2D eigenvalue weighted by atomic mass is 16.5. The Balaban J connectivity index is 1.46. The summed E-state index contributed by atoms with van der Waals surface area (Å²) in [5.41, 5.74) is 0.368. The number of aromatic nitrogens is 4. The summed E-state index contributed by atoms with van der Waals surface area (Å²) in [6.07, 6.45) is 9.48. The molecule has 2 aromatic rings. The summed E-state index contributed by atoms with van der Waals surface area (Å²) in [7, 11) is 2.02. The molecule has 2 aromatic heterocycles. The van der Waals surface area contributed by atoms with Crippen LogP contribution in [-0.2, 0) is 18.3 Å². The molecule has 2 aliphatic heterocycles. The predicted octanol–water partition coefficient (Wildman–Crippen LogP) is 0.575. The van der Waals surface area contributed by atoms with E-state index in [1.165, 1.54) is 6.20 Å². The van der Waals surface area contributed by atoms with Crippen LogP contribution >= 0.6 is 0 Å². The van der Waals surface area contributed by atoms with Gasteiger partial charge in [0.25, 0.3) is 5.91 Å². The molecular weight excluding hydrogens is 332 g/mol. The monoisotopic (exact) mass is 356 g/mol. The molecular formula is C18H24N6O2. The van der Waals surface area contributed by atoms with E-state index in [9.17, 15) is 4.79 Å². The first-order chi connectivity index (χ1) is 12.7. The molecule has 8 heteroatoms. The second-order valence-corrected chi connectivity index (χ2v) is 7.28. The van der Waals surface area contributed by atoms with E-state index < -0.39 is 0 Å². The Morgan fingerprint density at radius 2 is 2.15 bits per heavy atom. The van der Waals surface area contributed by atoms with Crippen LogP contribution in [0, 0.1) is 5.41 Å². The summed E-state index contributed by atoms with van der Waals surface area (Å²) in [5, 5.41) is 0. The number of aryl methyl sites for hydroxylation is 1. The second kappa shape index (κ2) is 7.13. The number of hydrogen-bond acceptors (Lipinski definition) is 6. The van der Waals surface area contributed by atoms with Crippen LogP contribution in [-0.4, -0.2) is 74.6 Å². The lowest BCUT2D eigenvalue weighted by Crippen LogP contribution is -2.43. The van der Waals surface area contributed by atoms with Gasteiger partial charge in [-0.3, -0.25) is 14.7 Å². The summed E-state index contributed by atoms with van der Waals surface area (Å²) < 4.78 is 7.93. The topological polar surface area (TPSA) is 76.4 Å². The van der Waals surface area contributed by atoms with Crippen LogP contribution in [0.4, 0.5) is 0 Å². The maximum Gasteiger partial charge on any atom is 0.274 e. The predicted molar refractivity (Wildman–Crippen MR) is 94.3 cm³/mol. The summed E-state index contributed by atoms with van der Waals surface area (Å²) in [4.78, 5) is 29.7. The van der Waals surface area contributed by atoms with Crippen LogP contribution in [0.15, 0.2) is 31.0 Å². The summed E-state index contributed by atoms with van der Waals surface area (Å²) in [6.45, 7) is 5.26. The molecule has 2 saturated heterocycles. The number of likely N-dealkylation sites (tertiary alicyclic amines) is 1. The van der Waals surface area contributed by atoms with Crippen LogP contribution in [0.25, 0.3) is 0 Å². The largest absolute Gasteiger partial charge is 0.379 e. The van der Waals surface area contributed by atoms with E-state index >= 15 is 0 Å². The van der Waals surface area contributed by atoms with Gasteiger partial charge in [0.2, 0.25) is 0 Å². The fourth-order valence-electron chi connectivity index (χ4n) is 3.90. The fraction of sp³-hybridized carbons (Fsp3) is 0.556. The molecule has 1 amide bonds. The van der Waals surface area contributed by atoms with Gasteiger partial charge in [0.15, 0.2) is 0 Å². The molecule has 4 heterocycles. The van der Waals surface area contributed by atoms with E-state index in [4.69, 9.17) is 4.74 Å². The van der Waals surface area contributed by atoms with Gasteiger partial charge in [-0.15, -0.1) is 0 Å². The standard InChI is InChI=1S/C18H24N6O2/c1-22-7-5-21-16(22)11-23-6-2-18(12-23)13-24(8-9-26-14-18)17(25)15-10-19-3-4-20-15/h3-5,7,10H,2,6,8-9,11-14H2,1H3/t18-/m1/s1. The van der Waals surface area contributed by atoms with Crippen molar-refractivity contribution in [3.8, 4) is 0 Å². The van der Waals surface area contributed by atoms with E-state index in [1.807, 2.05) is 24.3 Å². The lowest BCUT2D eigenvalue weighted by atomic mass is 9.87. The molecule has 0 bridgehead atoms. The van der Waals surface area contributed by atoms with E-state index in [1.54, 1.807) is 12.4 Å². The van der Waals surface area contributed by atoms with E-state index in [-0.39, 0.29) is 11.3 Å². The Hall–Kier alpha value is -2.32. The molecule has 1 spiro atoms. The molecule has 4 rings (SSSR count). The highest BCUT2D eigenvalue weighted by Gasteiger charge is 2.42. The molecule has 0 radical (unpaired) electrons. The van der Waals surface area contributed by atoms with Crippen molar-refractivity contribution in [3.05, 3.63) is 42.5 Å². The molecule has 138 valence electrons. The molecule has 0 N–H and O–H groups in total. The van der Waals surface area contributed by atoms with Gasteiger partial charge in [0.05, 0.1) is 26.0 Å². The highest BCUT2D eigenvalue weighted by Crippen LogP contribution is 2.34. The van der Waals surface area contributed by atoms with Crippen molar-refractivity contribution in [3.63, 3.8) is 0 Å². The van der Waals surface area contributed by atoms with Gasteiger partial charge >= 0.3 is 0 Å². The minimum atomic E-state index is -0.0643. The molecule has 8 nitrogen and oxygen atoms in total. The van der Waals surface area contributed by atoms with Gasteiger partial charge in [-0.25, -0.2) is 9.97 Å². The molecule has 0 aromatic carbocycles. The average Bonchev–Trinajstić information content (AvgIpc) is 3.17. The zero-order valence-corrected chi connectivity index (χ0v) is 15.0. The Bertz CT molecular complexity index is 764. The van der Waals surface area contributed by atoms with Crippen molar-refractivity contribution in [2.24, 2.45) is 12.5 Å². The SMILES string of the molecule is Cn1ccnc1CN1CC[C@@]2(COCCN(C(=O)c3cnccn3)C2)C1. The Morgan fingerprint density at radius 3 is 2.92 bits per heavy atom. The minimum absolute atomic E-state index is 0.0282. The third-order valence-corrected chi connectivity index (χ3v) is 5.31. The van der Waals surface area contributed by atoms with Crippen molar-refractivity contribution in [2.45, 2.75) is 13.0 Å². The quantitative estimate of drug-likeness (QED) is 0.801. The van der Waals surface area contributed by atoms with Gasteiger partial charge < -0.3 is 14.2 Å². The first-order valence-electron chi connectivity index (χ1n) is 8.97. The summed E-state index contributed by atoms with van der Waals surface area (Å²) >= 11 is 0. The van der Waals surface area contributed by atoms with E-state index in [0.29, 0.717) is 32.0 Å². The van der Waals surface area contributed by atoms with Crippen molar-refractivity contribution >= 4 is 5.91 Å². The summed E-state index contributed by atoms with van der Waals surface area (Å²) in [5.74, 6) is 0.995. The number of carbonyl (C=O) groups is 1. The van der Waals surface area contributed by atoms with Crippen LogP contribution in [0.3, 0.4) is 0 Å².